The number of hydrogen-bond donors (Lipinski definition) is 3. The Morgan fingerprint density at radius 3 is 2.65 bits per heavy atom. The molecular formula is C29H47F2N3O3. The van der Waals surface area contributed by atoms with Gasteiger partial charge in [-0.25, -0.2) is 13.6 Å². The van der Waals surface area contributed by atoms with Crippen LogP contribution in [-0.2, 0) is 10.3 Å². The van der Waals surface area contributed by atoms with E-state index in [-0.39, 0.29) is 36.6 Å². The van der Waals surface area contributed by atoms with E-state index in [1.165, 1.54) is 0 Å². The number of piperidine rings is 1. The monoisotopic (exact) mass is 523 g/mol. The molecule has 0 radical (unpaired) electrons. The molecule has 1 aliphatic carbocycles. The number of hydrogen-bond acceptors (Lipinski definition) is 4. The van der Waals surface area contributed by atoms with Crippen molar-refractivity contribution in [2.75, 3.05) is 33.9 Å². The molecule has 0 bridgehead atoms. The van der Waals surface area contributed by atoms with E-state index in [1.54, 1.807) is 12.0 Å². The molecule has 210 valence electrons. The van der Waals surface area contributed by atoms with Crippen LogP contribution in [0.1, 0.15) is 75.3 Å². The van der Waals surface area contributed by atoms with Crippen LogP contribution in [0.4, 0.5) is 13.6 Å². The van der Waals surface area contributed by atoms with Gasteiger partial charge in [-0.2, -0.15) is 0 Å². The largest absolute Gasteiger partial charge is 0.385 e. The van der Waals surface area contributed by atoms with Crippen molar-refractivity contribution >= 4 is 6.03 Å². The van der Waals surface area contributed by atoms with Gasteiger partial charge in [0.2, 0.25) is 5.92 Å². The molecular weight excluding hydrogens is 476 g/mol. The van der Waals surface area contributed by atoms with Crippen LogP contribution in [0.2, 0.25) is 0 Å². The number of carbonyl (C=O) groups is 1. The molecule has 2 unspecified atom stereocenters. The second-order valence-corrected chi connectivity index (χ2v) is 11.4. The fourth-order valence-electron chi connectivity index (χ4n) is 6.85. The summed E-state index contributed by atoms with van der Waals surface area (Å²) in [6.07, 6.45) is 5.24. The van der Waals surface area contributed by atoms with Crippen LogP contribution in [-0.4, -0.2) is 61.9 Å². The lowest BCUT2D eigenvalue weighted by Crippen LogP contribution is -2.60. The van der Waals surface area contributed by atoms with Gasteiger partial charge in [-0.3, -0.25) is 0 Å². The Kier molecular flexibility index (Phi) is 10.7. The smallest absolute Gasteiger partial charge is 0.315 e. The van der Waals surface area contributed by atoms with Crippen LogP contribution < -0.4 is 11.1 Å². The zero-order valence-electron chi connectivity index (χ0n) is 22.9. The predicted octanol–water partition coefficient (Wildman–Crippen LogP) is 5.21. The Balaban J connectivity index is 1.98. The summed E-state index contributed by atoms with van der Waals surface area (Å²) in [4.78, 5) is 14.5. The van der Waals surface area contributed by atoms with Crippen LogP contribution >= 0.6 is 0 Å². The molecule has 2 amide bonds. The Morgan fingerprint density at radius 2 is 2.03 bits per heavy atom. The van der Waals surface area contributed by atoms with Gasteiger partial charge in [0.25, 0.3) is 0 Å². The molecule has 6 nitrogen and oxygen atoms in total. The van der Waals surface area contributed by atoms with Gasteiger partial charge in [0.15, 0.2) is 0 Å². The summed E-state index contributed by atoms with van der Waals surface area (Å²) in [5.74, 6) is -2.63. The number of methoxy groups -OCH3 is 1. The molecule has 1 aliphatic heterocycles. The number of benzene rings is 1. The summed E-state index contributed by atoms with van der Waals surface area (Å²) in [6, 6.07) is 7.27. The minimum Gasteiger partial charge on any atom is -0.385 e. The lowest BCUT2D eigenvalue weighted by molar-refractivity contribution is -0.0955. The quantitative estimate of drug-likeness (QED) is 0.328. The molecule has 8 heteroatoms. The van der Waals surface area contributed by atoms with Gasteiger partial charge in [-0.15, -0.1) is 0 Å². The van der Waals surface area contributed by atoms with Crippen molar-refractivity contribution in [1.29, 1.82) is 0 Å². The number of nitrogens with two attached hydrogens (primary N) is 1. The highest BCUT2D eigenvalue weighted by Gasteiger charge is 2.50. The van der Waals surface area contributed by atoms with Gasteiger partial charge < -0.3 is 25.8 Å². The van der Waals surface area contributed by atoms with E-state index in [1.807, 2.05) is 38.2 Å². The van der Waals surface area contributed by atoms with Crippen molar-refractivity contribution in [1.82, 2.24) is 10.2 Å². The standard InChI is InChI=1S/C29H47F2N3O3/c1-21-8-6-9-24(18-21)29(36,13-4-5-17-37-3)25-10-7-16-34(27(32)35)26(25)23(20-33-2)19-22-11-14-28(30,31)15-12-22/h6,8-9,18,22-23,25-26,33,36H,4-5,7,10-17,19-20H2,1-3H3,(H2,32,35)/t23-,25?,26?,29+/m0/s1. The van der Waals surface area contributed by atoms with E-state index in [2.05, 4.69) is 5.32 Å². The molecule has 4 N–H and O–H groups in total. The number of nitrogens with zero attached hydrogens (tertiary/aromatic N) is 1. The summed E-state index contributed by atoms with van der Waals surface area (Å²) in [5, 5.41) is 15.8. The first kappa shape index (κ1) is 29.8. The van der Waals surface area contributed by atoms with Crippen molar-refractivity contribution in [3.05, 3.63) is 35.4 Å². The summed E-state index contributed by atoms with van der Waals surface area (Å²) >= 11 is 0. The zero-order chi connectivity index (χ0) is 27.1. The van der Waals surface area contributed by atoms with Gasteiger partial charge in [-0.05, 0) is 89.3 Å². The third kappa shape index (κ3) is 7.64. The maximum Gasteiger partial charge on any atom is 0.315 e. The van der Waals surface area contributed by atoms with Crippen molar-refractivity contribution in [2.45, 2.75) is 88.7 Å². The third-order valence-corrected chi connectivity index (χ3v) is 8.68. The topological polar surface area (TPSA) is 87.8 Å². The number of aliphatic hydroxyl groups is 1. The van der Waals surface area contributed by atoms with Crippen molar-refractivity contribution in [2.24, 2.45) is 23.5 Å². The fraction of sp³-hybridized carbons (Fsp3) is 0.759. The maximum absolute atomic E-state index is 13.9. The predicted molar refractivity (Wildman–Crippen MR) is 143 cm³/mol. The number of carbonyl (C=O) groups excluding carboxylic acids is 1. The lowest BCUT2D eigenvalue weighted by Gasteiger charge is -2.51. The highest BCUT2D eigenvalue weighted by Crippen LogP contribution is 2.47. The summed E-state index contributed by atoms with van der Waals surface area (Å²) in [6.45, 7) is 3.82. The van der Waals surface area contributed by atoms with Crippen LogP contribution in [0.15, 0.2) is 24.3 Å². The Hall–Kier alpha value is -1.77. The zero-order valence-corrected chi connectivity index (χ0v) is 22.9. The van der Waals surface area contributed by atoms with Crippen molar-refractivity contribution in [3.8, 4) is 0 Å². The fourth-order valence-corrected chi connectivity index (χ4v) is 6.85. The van der Waals surface area contributed by atoms with Gasteiger partial charge >= 0.3 is 6.03 Å². The van der Waals surface area contributed by atoms with Gasteiger partial charge in [0.05, 0.1) is 5.60 Å². The first-order valence-corrected chi connectivity index (χ1v) is 14.0. The van der Waals surface area contributed by atoms with Crippen LogP contribution in [0.5, 0.6) is 0 Å². The maximum atomic E-state index is 13.9. The number of urea groups is 1. The van der Waals surface area contributed by atoms with E-state index >= 15 is 0 Å². The molecule has 0 aromatic heterocycles. The minimum atomic E-state index is -2.57. The van der Waals surface area contributed by atoms with Crippen molar-refractivity contribution < 1.29 is 23.4 Å². The molecule has 1 aromatic rings. The van der Waals surface area contributed by atoms with Crippen LogP contribution in [0, 0.1) is 24.7 Å². The number of unbranched alkanes of at least 4 members (excludes halogenated alkanes) is 1. The van der Waals surface area contributed by atoms with E-state index in [0.717, 1.165) is 43.2 Å². The van der Waals surface area contributed by atoms with Gasteiger partial charge in [-0.1, -0.05) is 29.8 Å². The molecule has 4 atom stereocenters. The summed E-state index contributed by atoms with van der Waals surface area (Å²) < 4.78 is 33.0. The second-order valence-electron chi connectivity index (χ2n) is 11.4. The molecule has 2 fully saturated rings. The number of halogens is 2. The first-order valence-electron chi connectivity index (χ1n) is 14.0. The molecule has 0 spiro atoms. The number of amides is 2. The Morgan fingerprint density at radius 1 is 1.30 bits per heavy atom. The molecule has 37 heavy (non-hydrogen) atoms. The number of alkyl halides is 2. The number of rotatable bonds is 12. The molecule has 1 saturated heterocycles. The molecule has 1 heterocycles. The second kappa shape index (κ2) is 13.3. The number of primary amides is 1. The van der Waals surface area contributed by atoms with Gasteiger partial charge in [0.1, 0.15) is 0 Å². The van der Waals surface area contributed by atoms with E-state index in [0.29, 0.717) is 39.0 Å². The Bertz CT molecular complexity index is 861. The SMILES string of the molecule is CNC[C@H](CC1CCC(F)(F)CC1)C1C([C@@](O)(CCCCOC)c2cccc(C)c2)CCCN1C(N)=O. The third-order valence-electron chi connectivity index (χ3n) is 8.68. The van der Waals surface area contributed by atoms with Crippen molar-refractivity contribution in [3.63, 3.8) is 0 Å². The average Bonchev–Trinajstić information content (AvgIpc) is 2.87. The number of ether oxygens (including phenoxy) is 1. The van der Waals surface area contributed by atoms with E-state index in [9.17, 15) is 18.7 Å². The number of nitrogens with one attached hydrogen (secondary N) is 1. The highest BCUT2D eigenvalue weighted by atomic mass is 19.3. The average molecular weight is 524 g/mol. The first-order chi connectivity index (χ1) is 17.6. The number of aryl methyl sites for hydroxylation is 1. The summed E-state index contributed by atoms with van der Waals surface area (Å²) in [7, 11) is 3.56. The molecule has 1 saturated carbocycles. The van der Waals surface area contributed by atoms with Gasteiger partial charge in [0, 0.05) is 45.1 Å². The number of likely N-dealkylation sites (tertiary alicyclic amines) is 1. The molecule has 2 aliphatic rings. The highest BCUT2D eigenvalue weighted by molar-refractivity contribution is 5.72. The van der Waals surface area contributed by atoms with E-state index < -0.39 is 17.6 Å². The molecule has 3 rings (SSSR count). The molecule has 1 aromatic carbocycles. The summed E-state index contributed by atoms with van der Waals surface area (Å²) in [5.41, 5.74) is 6.73. The normalized spacial score (nSPS) is 25.0. The van der Waals surface area contributed by atoms with Crippen LogP contribution in [0.3, 0.4) is 0 Å². The minimum absolute atomic E-state index is 0.00479. The lowest BCUT2D eigenvalue weighted by atomic mass is 9.65. The van der Waals surface area contributed by atoms with Crippen LogP contribution in [0.25, 0.3) is 0 Å². The Labute approximate surface area is 221 Å². The van der Waals surface area contributed by atoms with E-state index in [4.69, 9.17) is 10.5 Å².